The van der Waals surface area contributed by atoms with Gasteiger partial charge in [-0.2, -0.15) is 0 Å². The standard InChI is InChI=1S/C13H11Br2N3O2S2/c14-9-6-7-11(15)12(8-9)16-13(21)17-18-22(19,20)10-4-2-1-3-5-10/h1-8,18H,(H2,16,17,21). The van der Waals surface area contributed by atoms with Crippen LogP contribution < -0.4 is 15.6 Å². The highest BCUT2D eigenvalue weighted by Gasteiger charge is 2.13. The summed E-state index contributed by atoms with van der Waals surface area (Å²) in [6.07, 6.45) is 0. The van der Waals surface area contributed by atoms with Crippen LogP contribution in [-0.2, 0) is 10.0 Å². The smallest absolute Gasteiger partial charge is 0.257 e. The van der Waals surface area contributed by atoms with Crippen molar-refractivity contribution in [3.63, 3.8) is 0 Å². The molecule has 0 fully saturated rings. The highest BCUT2D eigenvalue weighted by atomic mass is 79.9. The zero-order valence-electron chi connectivity index (χ0n) is 11.0. The molecule has 9 heteroatoms. The maximum Gasteiger partial charge on any atom is 0.257 e. The molecule has 0 spiro atoms. The van der Waals surface area contributed by atoms with E-state index >= 15 is 0 Å². The Morgan fingerprint density at radius 2 is 1.73 bits per heavy atom. The van der Waals surface area contributed by atoms with Gasteiger partial charge < -0.3 is 5.32 Å². The molecule has 116 valence electrons. The second-order valence-electron chi connectivity index (χ2n) is 4.12. The molecule has 0 aliphatic rings. The normalized spacial score (nSPS) is 11.0. The molecule has 0 amide bonds. The van der Waals surface area contributed by atoms with Gasteiger partial charge >= 0.3 is 0 Å². The van der Waals surface area contributed by atoms with Gasteiger partial charge in [0, 0.05) is 8.95 Å². The zero-order chi connectivity index (χ0) is 16.2. The lowest BCUT2D eigenvalue weighted by Gasteiger charge is -2.13. The van der Waals surface area contributed by atoms with Crippen molar-refractivity contribution in [2.75, 3.05) is 5.32 Å². The number of hydrazine groups is 1. The van der Waals surface area contributed by atoms with E-state index in [2.05, 4.69) is 47.4 Å². The molecule has 2 rings (SSSR count). The second-order valence-corrected chi connectivity index (χ2v) is 7.98. The van der Waals surface area contributed by atoms with Gasteiger partial charge in [-0.15, -0.1) is 4.83 Å². The van der Waals surface area contributed by atoms with Gasteiger partial charge in [-0.3, -0.25) is 5.43 Å². The van der Waals surface area contributed by atoms with Gasteiger partial charge in [-0.05, 0) is 58.5 Å². The molecule has 0 saturated carbocycles. The SMILES string of the molecule is O=S(=O)(NNC(=S)Nc1cc(Br)ccc1Br)c1ccccc1. The van der Waals surface area contributed by atoms with E-state index < -0.39 is 10.0 Å². The maximum absolute atomic E-state index is 12.0. The van der Waals surface area contributed by atoms with Crippen LogP contribution in [0.15, 0.2) is 62.4 Å². The van der Waals surface area contributed by atoms with Gasteiger partial charge in [0.05, 0.1) is 10.6 Å². The lowest BCUT2D eigenvalue weighted by atomic mass is 10.3. The van der Waals surface area contributed by atoms with Crippen LogP contribution in [-0.4, -0.2) is 13.5 Å². The lowest BCUT2D eigenvalue weighted by molar-refractivity contribution is 0.578. The summed E-state index contributed by atoms with van der Waals surface area (Å²) < 4.78 is 25.7. The van der Waals surface area contributed by atoms with Crippen LogP contribution in [0, 0.1) is 0 Å². The number of benzene rings is 2. The van der Waals surface area contributed by atoms with Gasteiger partial charge in [0.25, 0.3) is 10.0 Å². The average molecular weight is 465 g/mol. The average Bonchev–Trinajstić information content (AvgIpc) is 2.50. The quantitative estimate of drug-likeness (QED) is 0.477. The Kier molecular flexibility index (Phi) is 5.93. The summed E-state index contributed by atoms with van der Waals surface area (Å²) in [6, 6.07) is 13.5. The first-order chi connectivity index (χ1) is 10.4. The Hall–Kier alpha value is -1.00. The van der Waals surface area contributed by atoms with E-state index in [1.165, 1.54) is 12.1 Å². The number of hydrogen-bond acceptors (Lipinski definition) is 3. The minimum absolute atomic E-state index is 0.123. The third-order valence-corrected chi connectivity index (χ3v) is 5.18. The first kappa shape index (κ1) is 17.4. The molecule has 22 heavy (non-hydrogen) atoms. The van der Waals surface area contributed by atoms with E-state index in [1.54, 1.807) is 18.2 Å². The molecule has 0 aliphatic heterocycles. The fourth-order valence-corrected chi connectivity index (χ4v) is 3.32. The van der Waals surface area contributed by atoms with Gasteiger partial charge in [0.15, 0.2) is 5.11 Å². The lowest BCUT2D eigenvalue weighted by Crippen LogP contribution is -2.43. The Balaban J connectivity index is 2.00. The van der Waals surface area contributed by atoms with E-state index in [0.717, 1.165) is 8.95 Å². The third-order valence-electron chi connectivity index (χ3n) is 2.53. The van der Waals surface area contributed by atoms with Gasteiger partial charge in [-0.25, -0.2) is 8.42 Å². The molecule has 0 radical (unpaired) electrons. The van der Waals surface area contributed by atoms with Crippen molar-refractivity contribution in [1.82, 2.24) is 10.3 Å². The van der Waals surface area contributed by atoms with Crippen molar-refractivity contribution in [3.05, 3.63) is 57.5 Å². The second kappa shape index (κ2) is 7.51. The van der Waals surface area contributed by atoms with E-state index in [0.29, 0.717) is 5.69 Å². The predicted octanol–water partition coefficient (Wildman–Crippen LogP) is 3.39. The number of anilines is 1. The van der Waals surface area contributed by atoms with Crippen molar-refractivity contribution in [2.45, 2.75) is 4.90 Å². The minimum atomic E-state index is -3.68. The summed E-state index contributed by atoms with van der Waals surface area (Å²) in [4.78, 5) is 2.37. The molecule has 5 nitrogen and oxygen atoms in total. The number of hydrogen-bond donors (Lipinski definition) is 3. The summed E-state index contributed by atoms with van der Waals surface area (Å²) in [5, 5.41) is 3.02. The highest BCUT2D eigenvalue weighted by molar-refractivity contribution is 9.11. The summed E-state index contributed by atoms with van der Waals surface area (Å²) in [7, 11) is -3.68. The first-order valence-corrected chi connectivity index (χ1v) is 9.45. The Morgan fingerprint density at radius 1 is 1.05 bits per heavy atom. The van der Waals surface area contributed by atoms with E-state index in [1.807, 2.05) is 18.2 Å². The number of thiocarbonyl (C=S) groups is 1. The third kappa shape index (κ3) is 4.75. The van der Waals surface area contributed by atoms with Crippen LogP contribution in [0.3, 0.4) is 0 Å². The van der Waals surface area contributed by atoms with Crippen LogP contribution in [0.2, 0.25) is 0 Å². The van der Waals surface area contributed by atoms with Crippen LogP contribution in [0.25, 0.3) is 0 Å². The summed E-state index contributed by atoms with van der Waals surface area (Å²) in [6.45, 7) is 0. The molecular weight excluding hydrogens is 454 g/mol. The maximum atomic E-state index is 12.0. The van der Waals surface area contributed by atoms with E-state index in [-0.39, 0.29) is 10.0 Å². The Labute approximate surface area is 150 Å². The van der Waals surface area contributed by atoms with Crippen LogP contribution >= 0.6 is 44.1 Å². The van der Waals surface area contributed by atoms with Crippen molar-refractivity contribution in [2.24, 2.45) is 0 Å². The highest BCUT2D eigenvalue weighted by Crippen LogP contribution is 2.25. The Morgan fingerprint density at radius 3 is 2.41 bits per heavy atom. The molecule has 0 unspecified atom stereocenters. The minimum Gasteiger partial charge on any atom is -0.331 e. The fourth-order valence-electron chi connectivity index (χ4n) is 1.52. The number of halogens is 2. The molecule has 0 heterocycles. The molecular formula is C13H11Br2N3O2S2. The van der Waals surface area contributed by atoms with Gasteiger partial charge in [0.1, 0.15) is 0 Å². The van der Waals surface area contributed by atoms with E-state index in [9.17, 15) is 8.42 Å². The van der Waals surface area contributed by atoms with Crippen LogP contribution in [0.5, 0.6) is 0 Å². The van der Waals surface area contributed by atoms with E-state index in [4.69, 9.17) is 12.2 Å². The molecule has 0 aromatic heterocycles. The predicted molar refractivity (Wildman–Crippen MR) is 98.0 cm³/mol. The van der Waals surface area contributed by atoms with Crippen LogP contribution in [0.1, 0.15) is 0 Å². The van der Waals surface area contributed by atoms with Crippen molar-refractivity contribution < 1.29 is 8.42 Å². The fraction of sp³-hybridized carbons (Fsp3) is 0. The first-order valence-electron chi connectivity index (χ1n) is 5.97. The van der Waals surface area contributed by atoms with Crippen molar-refractivity contribution in [1.29, 1.82) is 0 Å². The van der Waals surface area contributed by atoms with Crippen LogP contribution in [0.4, 0.5) is 5.69 Å². The van der Waals surface area contributed by atoms with Crippen molar-refractivity contribution in [3.8, 4) is 0 Å². The number of sulfonamides is 1. The molecule has 3 N–H and O–H groups in total. The topological polar surface area (TPSA) is 70.2 Å². The molecule has 0 saturated heterocycles. The monoisotopic (exact) mass is 463 g/mol. The zero-order valence-corrected chi connectivity index (χ0v) is 15.8. The summed E-state index contributed by atoms with van der Waals surface area (Å²) >= 11 is 11.8. The van der Waals surface area contributed by atoms with Gasteiger partial charge in [0.2, 0.25) is 0 Å². The summed E-state index contributed by atoms with van der Waals surface area (Å²) in [5.74, 6) is 0. The number of nitrogens with one attached hydrogen (secondary N) is 3. The Bertz CT molecular complexity index is 783. The molecule has 2 aromatic rings. The molecule has 0 atom stereocenters. The summed E-state index contributed by atoms with van der Waals surface area (Å²) in [5.41, 5.74) is 3.16. The molecule has 2 aromatic carbocycles. The molecule has 0 aliphatic carbocycles. The molecule has 0 bridgehead atoms. The van der Waals surface area contributed by atoms with Gasteiger partial charge in [-0.1, -0.05) is 34.1 Å². The number of rotatable bonds is 4. The van der Waals surface area contributed by atoms with Crippen molar-refractivity contribution >= 4 is 64.9 Å². The largest absolute Gasteiger partial charge is 0.331 e.